The summed E-state index contributed by atoms with van der Waals surface area (Å²) >= 11 is 6.51. The van der Waals surface area contributed by atoms with Crippen LogP contribution in [0, 0.1) is 6.92 Å². The van der Waals surface area contributed by atoms with Crippen molar-refractivity contribution >= 4 is 40.6 Å². The number of piperidine rings is 1. The Bertz CT molecular complexity index is 1350. The maximum Gasteiger partial charge on any atom is 0.255 e. The number of aryl methyl sites for hydroxylation is 1. The molecule has 0 spiro atoms. The smallest absolute Gasteiger partial charge is 0.255 e. The first kappa shape index (κ1) is 28.2. The molecule has 5 rings (SSSR count). The first-order valence-corrected chi connectivity index (χ1v) is 14.6. The molecule has 2 saturated heterocycles. The van der Waals surface area contributed by atoms with Crippen LogP contribution in [0.1, 0.15) is 66.9 Å². The number of ether oxygens (including phenoxy) is 1. The zero-order valence-electron chi connectivity index (χ0n) is 23.8. The van der Waals surface area contributed by atoms with Crippen molar-refractivity contribution in [3.63, 3.8) is 0 Å². The molecule has 0 bridgehead atoms. The van der Waals surface area contributed by atoms with Crippen LogP contribution < -0.4 is 15.4 Å². The minimum Gasteiger partial charge on any atom is -0.489 e. The summed E-state index contributed by atoms with van der Waals surface area (Å²) in [5.41, 5.74) is 4.62. The van der Waals surface area contributed by atoms with Crippen molar-refractivity contribution in [2.45, 2.75) is 58.5 Å². The van der Waals surface area contributed by atoms with E-state index in [-0.39, 0.29) is 12.0 Å². The van der Waals surface area contributed by atoms with E-state index in [9.17, 15) is 4.79 Å². The van der Waals surface area contributed by atoms with Gasteiger partial charge in [-0.3, -0.25) is 4.79 Å². The van der Waals surface area contributed by atoms with E-state index in [4.69, 9.17) is 16.3 Å². The van der Waals surface area contributed by atoms with E-state index >= 15 is 0 Å². The van der Waals surface area contributed by atoms with Gasteiger partial charge in [0, 0.05) is 13.1 Å². The van der Waals surface area contributed by atoms with Gasteiger partial charge in [-0.1, -0.05) is 23.7 Å². The number of nitrogens with zero attached hydrogens (tertiary/aromatic N) is 4. The lowest BCUT2D eigenvalue weighted by Crippen LogP contribution is -2.29. The minimum absolute atomic E-state index is 0.0137. The lowest BCUT2D eigenvalue weighted by atomic mass is 9.86. The van der Waals surface area contributed by atoms with Gasteiger partial charge in [-0.15, -0.1) is 0 Å². The average molecular weight is 563 g/mol. The van der Waals surface area contributed by atoms with Crippen LogP contribution in [-0.4, -0.2) is 65.0 Å². The Labute approximate surface area is 242 Å². The molecule has 2 aliphatic rings. The second-order valence-corrected chi connectivity index (χ2v) is 11.5. The Hall–Kier alpha value is -3.36. The monoisotopic (exact) mass is 562 g/mol. The number of para-hydroxylation sites is 1. The van der Waals surface area contributed by atoms with Crippen LogP contribution in [0.4, 0.5) is 23.1 Å². The van der Waals surface area contributed by atoms with Crippen LogP contribution >= 0.6 is 11.6 Å². The van der Waals surface area contributed by atoms with Gasteiger partial charge in [0.2, 0.25) is 5.95 Å². The number of rotatable bonds is 8. The van der Waals surface area contributed by atoms with Gasteiger partial charge in [-0.05, 0) is 108 Å². The van der Waals surface area contributed by atoms with Gasteiger partial charge in [0.1, 0.15) is 10.8 Å². The van der Waals surface area contributed by atoms with Crippen molar-refractivity contribution in [1.82, 2.24) is 19.8 Å². The topological polar surface area (TPSA) is 82.6 Å². The third-order valence-electron chi connectivity index (χ3n) is 7.68. The highest BCUT2D eigenvalue weighted by Gasteiger charge is 2.24. The number of halogens is 1. The maximum atomic E-state index is 13.2. The van der Waals surface area contributed by atoms with E-state index < -0.39 is 0 Å². The number of likely N-dealkylation sites (tertiary alicyclic amines) is 2. The summed E-state index contributed by atoms with van der Waals surface area (Å²) in [6, 6.07) is 11.8. The number of hydrogen-bond donors (Lipinski definition) is 2. The first-order valence-electron chi connectivity index (χ1n) is 14.2. The predicted octanol–water partition coefficient (Wildman–Crippen LogP) is 6.76. The number of anilines is 4. The molecule has 8 nitrogen and oxygen atoms in total. The molecule has 2 aliphatic heterocycles. The molecule has 3 heterocycles. The lowest BCUT2D eigenvalue weighted by Gasteiger charge is -2.30. The van der Waals surface area contributed by atoms with Crippen LogP contribution in [0.15, 0.2) is 42.6 Å². The van der Waals surface area contributed by atoms with Crippen molar-refractivity contribution in [2.24, 2.45) is 0 Å². The summed E-state index contributed by atoms with van der Waals surface area (Å²) < 4.78 is 6.25. The zero-order chi connectivity index (χ0) is 28.2. The molecule has 2 fully saturated rings. The number of benzene rings is 2. The standard InChI is InChI=1S/C31H39ClN6O2/c1-20(2)40-28-18-24(22-11-15-37(4)16-12-22)21(3)17-27(28)35-31-33-19-25(32)29(36-31)34-26-10-6-5-9-23(26)30(39)38-13-7-8-14-38/h5-6,9-10,17-20,22H,7-8,11-16H2,1-4H3,(H2,33,34,35,36). The molecule has 0 saturated carbocycles. The van der Waals surface area contributed by atoms with E-state index in [0.29, 0.717) is 34.0 Å². The van der Waals surface area contributed by atoms with Crippen LogP contribution in [-0.2, 0) is 0 Å². The molecular formula is C31H39ClN6O2. The highest BCUT2D eigenvalue weighted by atomic mass is 35.5. The van der Waals surface area contributed by atoms with E-state index in [1.807, 2.05) is 43.0 Å². The fourth-order valence-electron chi connectivity index (χ4n) is 5.54. The van der Waals surface area contributed by atoms with Gasteiger partial charge in [0.05, 0.1) is 29.2 Å². The van der Waals surface area contributed by atoms with Gasteiger partial charge in [-0.2, -0.15) is 4.98 Å². The number of amides is 1. The van der Waals surface area contributed by atoms with Crippen molar-refractivity contribution in [1.29, 1.82) is 0 Å². The molecule has 9 heteroatoms. The summed E-state index contributed by atoms with van der Waals surface area (Å²) in [4.78, 5) is 26.6. The second kappa shape index (κ2) is 12.4. The molecule has 0 unspecified atom stereocenters. The first-order chi connectivity index (χ1) is 19.3. The normalized spacial score (nSPS) is 16.4. The van der Waals surface area contributed by atoms with E-state index in [1.165, 1.54) is 11.1 Å². The molecule has 1 aromatic heterocycles. The van der Waals surface area contributed by atoms with Gasteiger partial charge in [0.15, 0.2) is 5.82 Å². The van der Waals surface area contributed by atoms with E-state index in [0.717, 1.165) is 63.3 Å². The van der Waals surface area contributed by atoms with Gasteiger partial charge in [0.25, 0.3) is 5.91 Å². The van der Waals surface area contributed by atoms with Crippen molar-refractivity contribution < 1.29 is 9.53 Å². The van der Waals surface area contributed by atoms with Crippen molar-refractivity contribution in [3.05, 3.63) is 64.3 Å². The average Bonchev–Trinajstić information content (AvgIpc) is 3.47. The quantitative estimate of drug-likeness (QED) is 0.314. The number of carbonyl (C=O) groups excluding carboxylic acids is 1. The SMILES string of the molecule is Cc1cc(Nc2ncc(Cl)c(Nc3ccccc3C(=O)N3CCCC3)n2)c(OC(C)C)cc1C1CCN(C)CC1. The third kappa shape index (κ3) is 6.50. The molecule has 212 valence electrons. The summed E-state index contributed by atoms with van der Waals surface area (Å²) in [5, 5.41) is 7.00. The fraction of sp³-hybridized carbons (Fsp3) is 0.452. The summed E-state index contributed by atoms with van der Waals surface area (Å²) in [7, 11) is 2.18. The Morgan fingerprint density at radius 2 is 1.77 bits per heavy atom. The Morgan fingerprint density at radius 1 is 1.05 bits per heavy atom. The number of hydrogen-bond acceptors (Lipinski definition) is 7. The molecule has 2 N–H and O–H groups in total. The van der Waals surface area contributed by atoms with Gasteiger partial charge in [-0.25, -0.2) is 4.98 Å². The van der Waals surface area contributed by atoms with Gasteiger partial charge >= 0.3 is 0 Å². The Kier molecular flexibility index (Phi) is 8.76. The second-order valence-electron chi connectivity index (χ2n) is 11.1. The van der Waals surface area contributed by atoms with Crippen molar-refractivity contribution in [2.75, 3.05) is 43.9 Å². The van der Waals surface area contributed by atoms with Crippen LogP contribution in [0.2, 0.25) is 5.02 Å². The number of carbonyl (C=O) groups is 1. The maximum absolute atomic E-state index is 13.2. The molecule has 2 aromatic carbocycles. The predicted molar refractivity (Wildman–Crippen MR) is 162 cm³/mol. The molecule has 0 atom stereocenters. The van der Waals surface area contributed by atoms with Gasteiger partial charge < -0.3 is 25.2 Å². The highest BCUT2D eigenvalue weighted by Crippen LogP contribution is 2.38. The number of aromatic nitrogens is 2. The summed E-state index contributed by atoms with van der Waals surface area (Å²) in [5.74, 6) is 2.12. The Balaban J connectivity index is 1.41. The van der Waals surface area contributed by atoms with Crippen LogP contribution in [0.3, 0.4) is 0 Å². The molecule has 0 aliphatic carbocycles. The molecule has 3 aromatic rings. The number of nitrogens with one attached hydrogen (secondary N) is 2. The molecule has 1 amide bonds. The highest BCUT2D eigenvalue weighted by molar-refractivity contribution is 6.33. The summed E-state index contributed by atoms with van der Waals surface area (Å²) in [6.45, 7) is 9.99. The van der Waals surface area contributed by atoms with Crippen LogP contribution in [0.25, 0.3) is 0 Å². The lowest BCUT2D eigenvalue weighted by molar-refractivity contribution is 0.0794. The zero-order valence-corrected chi connectivity index (χ0v) is 24.6. The summed E-state index contributed by atoms with van der Waals surface area (Å²) in [6.07, 6.45) is 5.93. The third-order valence-corrected chi connectivity index (χ3v) is 7.96. The molecule has 40 heavy (non-hydrogen) atoms. The van der Waals surface area contributed by atoms with E-state index in [2.05, 4.69) is 51.6 Å². The minimum atomic E-state index is 0.0137. The molecular weight excluding hydrogens is 524 g/mol. The largest absolute Gasteiger partial charge is 0.489 e. The fourth-order valence-corrected chi connectivity index (χ4v) is 5.68. The van der Waals surface area contributed by atoms with E-state index in [1.54, 1.807) is 6.20 Å². The van der Waals surface area contributed by atoms with Crippen LogP contribution in [0.5, 0.6) is 5.75 Å². The molecule has 0 radical (unpaired) electrons. The Morgan fingerprint density at radius 3 is 2.50 bits per heavy atom. The van der Waals surface area contributed by atoms with Crippen molar-refractivity contribution in [3.8, 4) is 5.75 Å².